The Labute approximate surface area is 126 Å². The first kappa shape index (κ1) is 15.7. The number of likely N-dealkylation sites (tertiary alicyclic amines) is 1. The third kappa shape index (κ3) is 5.30. The fourth-order valence-corrected chi connectivity index (χ4v) is 2.40. The van der Waals surface area contributed by atoms with Gasteiger partial charge in [0.05, 0.1) is 0 Å². The first-order valence-electron chi connectivity index (χ1n) is 7.87. The maximum Gasteiger partial charge on any atom is 0.271 e. The lowest BCUT2D eigenvalue weighted by Crippen LogP contribution is -2.29. The van der Waals surface area contributed by atoms with Gasteiger partial charge in [0, 0.05) is 13.1 Å². The summed E-state index contributed by atoms with van der Waals surface area (Å²) in [6.07, 6.45) is 4.62. The van der Waals surface area contributed by atoms with E-state index in [2.05, 4.69) is 32.7 Å². The fraction of sp³-hybridized carbons (Fsp3) is 0.667. The lowest BCUT2D eigenvalue weighted by Gasteiger charge is -2.14. The molecule has 116 valence electrons. The highest BCUT2D eigenvalue weighted by Gasteiger charge is 2.11. The van der Waals surface area contributed by atoms with Gasteiger partial charge in [-0.1, -0.05) is 6.92 Å². The van der Waals surface area contributed by atoms with Crippen LogP contribution in [0.5, 0.6) is 0 Å². The van der Waals surface area contributed by atoms with Crippen LogP contribution in [0.1, 0.15) is 43.1 Å². The van der Waals surface area contributed by atoms with Gasteiger partial charge in [-0.3, -0.25) is 4.79 Å². The van der Waals surface area contributed by atoms with Crippen molar-refractivity contribution in [2.75, 3.05) is 38.0 Å². The Hall–Kier alpha value is -1.69. The zero-order valence-electron chi connectivity index (χ0n) is 12.8. The largest absolute Gasteiger partial charge is 0.369 e. The Kier molecular flexibility index (Phi) is 6.40. The predicted octanol–water partition coefficient (Wildman–Crippen LogP) is 1.51. The zero-order valence-corrected chi connectivity index (χ0v) is 12.8. The third-order valence-electron chi connectivity index (χ3n) is 3.59. The molecule has 0 unspecified atom stereocenters. The molecule has 0 aromatic carbocycles. The predicted molar refractivity (Wildman–Crippen MR) is 83.4 cm³/mol. The van der Waals surface area contributed by atoms with Crippen LogP contribution in [0.15, 0.2) is 12.1 Å². The topological polar surface area (TPSA) is 70.2 Å². The van der Waals surface area contributed by atoms with Gasteiger partial charge in [-0.2, -0.15) is 0 Å². The Balaban J connectivity index is 1.67. The Morgan fingerprint density at radius 3 is 2.71 bits per heavy atom. The molecule has 0 saturated carbocycles. The fourth-order valence-electron chi connectivity index (χ4n) is 2.40. The number of nitrogens with zero attached hydrogens (tertiary/aromatic N) is 3. The van der Waals surface area contributed by atoms with Gasteiger partial charge in [0.25, 0.3) is 5.91 Å². The van der Waals surface area contributed by atoms with Gasteiger partial charge < -0.3 is 15.5 Å². The van der Waals surface area contributed by atoms with E-state index in [1.807, 2.05) is 0 Å². The van der Waals surface area contributed by atoms with Crippen LogP contribution in [0, 0.1) is 0 Å². The van der Waals surface area contributed by atoms with Crippen LogP contribution in [-0.4, -0.2) is 53.7 Å². The van der Waals surface area contributed by atoms with Gasteiger partial charge >= 0.3 is 0 Å². The molecule has 0 bridgehead atoms. The molecule has 1 amide bonds. The summed E-state index contributed by atoms with van der Waals surface area (Å²) in [6, 6.07) is 3.50. The number of carbonyl (C=O) groups excluding carboxylic acids is 1. The number of anilines is 1. The Morgan fingerprint density at radius 1 is 1.24 bits per heavy atom. The van der Waals surface area contributed by atoms with E-state index in [1.165, 1.54) is 25.9 Å². The van der Waals surface area contributed by atoms with Crippen LogP contribution in [0.2, 0.25) is 0 Å². The van der Waals surface area contributed by atoms with Crippen LogP contribution < -0.4 is 10.6 Å². The molecule has 1 aliphatic rings. The van der Waals surface area contributed by atoms with E-state index >= 15 is 0 Å². The van der Waals surface area contributed by atoms with Crippen molar-refractivity contribution in [1.29, 1.82) is 0 Å². The van der Waals surface area contributed by atoms with E-state index in [0.717, 1.165) is 25.9 Å². The average Bonchev–Trinajstić information content (AvgIpc) is 3.03. The summed E-state index contributed by atoms with van der Waals surface area (Å²) >= 11 is 0. The Bertz CT molecular complexity index is 428. The molecule has 21 heavy (non-hydrogen) atoms. The molecule has 6 heteroatoms. The second-order valence-corrected chi connectivity index (χ2v) is 5.39. The molecule has 1 fully saturated rings. The minimum Gasteiger partial charge on any atom is -0.369 e. The Morgan fingerprint density at radius 2 is 2.05 bits per heavy atom. The molecule has 0 atom stereocenters. The molecule has 2 N–H and O–H groups in total. The van der Waals surface area contributed by atoms with E-state index in [-0.39, 0.29) is 5.91 Å². The summed E-state index contributed by atoms with van der Waals surface area (Å²) in [5.74, 6) is 0.563. The second-order valence-electron chi connectivity index (χ2n) is 5.39. The van der Waals surface area contributed by atoms with Crippen molar-refractivity contribution in [3.05, 3.63) is 17.8 Å². The summed E-state index contributed by atoms with van der Waals surface area (Å²) < 4.78 is 0. The van der Waals surface area contributed by atoms with E-state index in [9.17, 15) is 4.79 Å². The monoisotopic (exact) mass is 291 g/mol. The highest BCUT2D eigenvalue weighted by atomic mass is 16.1. The summed E-state index contributed by atoms with van der Waals surface area (Å²) in [4.78, 5) is 14.4. The highest BCUT2D eigenvalue weighted by molar-refractivity contribution is 5.92. The van der Waals surface area contributed by atoms with Gasteiger partial charge in [-0.15, -0.1) is 10.2 Å². The van der Waals surface area contributed by atoms with E-state index in [0.29, 0.717) is 18.1 Å². The lowest BCUT2D eigenvalue weighted by atomic mass is 10.3. The van der Waals surface area contributed by atoms with Crippen molar-refractivity contribution in [2.24, 2.45) is 0 Å². The minimum atomic E-state index is -0.147. The van der Waals surface area contributed by atoms with E-state index in [4.69, 9.17) is 0 Å². The van der Waals surface area contributed by atoms with Gasteiger partial charge in [-0.05, 0) is 57.5 Å². The second kappa shape index (κ2) is 8.56. The summed E-state index contributed by atoms with van der Waals surface area (Å²) in [7, 11) is 0. The number of carbonyl (C=O) groups is 1. The maximum atomic E-state index is 11.9. The first-order valence-corrected chi connectivity index (χ1v) is 7.87. The van der Waals surface area contributed by atoms with Crippen molar-refractivity contribution in [2.45, 2.75) is 32.6 Å². The van der Waals surface area contributed by atoms with Gasteiger partial charge in [0.15, 0.2) is 5.69 Å². The number of hydrogen-bond donors (Lipinski definition) is 2. The lowest BCUT2D eigenvalue weighted by molar-refractivity contribution is 0.0946. The molecule has 0 spiro atoms. The van der Waals surface area contributed by atoms with E-state index in [1.54, 1.807) is 12.1 Å². The summed E-state index contributed by atoms with van der Waals surface area (Å²) in [5, 5.41) is 14.0. The molecular weight excluding hydrogens is 266 g/mol. The van der Waals surface area contributed by atoms with Crippen LogP contribution in [0.25, 0.3) is 0 Å². The van der Waals surface area contributed by atoms with Gasteiger partial charge in [0.1, 0.15) is 5.82 Å². The van der Waals surface area contributed by atoms with Crippen molar-refractivity contribution < 1.29 is 4.79 Å². The quantitative estimate of drug-likeness (QED) is 0.711. The van der Waals surface area contributed by atoms with E-state index < -0.39 is 0 Å². The normalized spacial score (nSPS) is 15.1. The number of rotatable bonds is 8. The number of amides is 1. The van der Waals surface area contributed by atoms with Crippen molar-refractivity contribution in [3.8, 4) is 0 Å². The molecule has 0 radical (unpaired) electrons. The number of nitrogens with one attached hydrogen (secondary N) is 2. The molecule has 2 heterocycles. The first-order chi connectivity index (χ1) is 10.3. The van der Waals surface area contributed by atoms with Gasteiger partial charge in [0.2, 0.25) is 0 Å². The zero-order chi connectivity index (χ0) is 14.9. The molecule has 0 aliphatic carbocycles. The molecule has 1 saturated heterocycles. The SMILES string of the molecule is CCCNc1ccc(C(=O)NCCCN2CCCC2)nn1. The molecule has 1 aliphatic heterocycles. The molecule has 2 rings (SSSR count). The smallest absolute Gasteiger partial charge is 0.271 e. The highest BCUT2D eigenvalue weighted by Crippen LogP contribution is 2.07. The van der Waals surface area contributed by atoms with Crippen LogP contribution in [0.4, 0.5) is 5.82 Å². The summed E-state index contributed by atoms with van der Waals surface area (Å²) in [5.41, 5.74) is 0.373. The molecule has 1 aromatic heterocycles. The molecule has 6 nitrogen and oxygen atoms in total. The van der Waals surface area contributed by atoms with Crippen LogP contribution >= 0.6 is 0 Å². The maximum absolute atomic E-state index is 11.9. The number of aromatic nitrogens is 2. The molecule has 1 aromatic rings. The number of hydrogen-bond acceptors (Lipinski definition) is 5. The molecular formula is C15H25N5O. The van der Waals surface area contributed by atoms with Crippen LogP contribution in [0.3, 0.4) is 0 Å². The minimum absolute atomic E-state index is 0.147. The van der Waals surface area contributed by atoms with Crippen molar-refractivity contribution >= 4 is 11.7 Å². The average molecular weight is 291 g/mol. The standard InChI is InChI=1S/C15H25N5O/c1-2-8-16-14-7-6-13(18-19-14)15(21)17-9-5-12-20-10-3-4-11-20/h6-7H,2-5,8-12H2,1H3,(H,16,19)(H,17,21). The van der Waals surface area contributed by atoms with Crippen LogP contribution in [-0.2, 0) is 0 Å². The third-order valence-corrected chi connectivity index (χ3v) is 3.59. The van der Waals surface area contributed by atoms with Gasteiger partial charge in [-0.25, -0.2) is 0 Å². The van der Waals surface area contributed by atoms with Crippen molar-refractivity contribution in [1.82, 2.24) is 20.4 Å². The van der Waals surface area contributed by atoms with Crippen molar-refractivity contribution in [3.63, 3.8) is 0 Å². The summed E-state index contributed by atoms with van der Waals surface area (Å²) in [6.45, 7) is 7.09.